The van der Waals surface area contributed by atoms with E-state index >= 15 is 0 Å². The molecule has 0 radical (unpaired) electrons. The largest absolute Gasteiger partial charge is 0.486 e. The van der Waals surface area contributed by atoms with Crippen LogP contribution in [0.25, 0.3) is 11.6 Å². The van der Waals surface area contributed by atoms with Crippen LogP contribution < -0.4 is 10.3 Å². The number of nitrogens with zero attached hydrogens (tertiary/aromatic N) is 5. The molecule has 4 aromatic rings. The van der Waals surface area contributed by atoms with Gasteiger partial charge in [-0.1, -0.05) is 15.9 Å². The molecule has 9 nitrogen and oxygen atoms in total. The lowest BCUT2D eigenvalue weighted by Crippen LogP contribution is -2.46. The molecule has 13 heteroatoms. The minimum absolute atomic E-state index is 0.0764. The Labute approximate surface area is 253 Å². The number of amides is 1. The number of alkyl halides is 3. The van der Waals surface area contributed by atoms with Crippen LogP contribution in [-0.2, 0) is 23.9 Å². The maximum absolute atomic E-state index is 14.1. The first kappa shape index (κ1) is 30.2. The number of hydrogen-bond donors (Lipinski definition) is 0. The fourth-order valence-electron chi connectivity index (χ4n) is 5.04. The Bertz CT molecular complexity index is 1800. The monoisotopic (exact) mass is 657 g/mol. The molecule has 0 saturated heterocycles. The Hall–Kier alpha value is -4.26. The molecule has 2 aromatic heterocycles. The van der Waals surface area contributed by atoms with Crippen molar-refractivity contribution in [2.45, 2.75) is 52.9 Å². The first-order valence-electron chi connectivity index (χ1n) is 13.3. The molecule has 0 fully saturated rings. The summed E-state index contributed by atoms with van der Waals surface area (Å²) < 4.78 is 48.9. The number of Topliss-reactive ketones (excluding diaryl/α,β-unsaturated/α-hetero) is 1. The second-order valence-electron chi connectivity index (χ2n) is 10.5. The molecule has 1 aliphatic heterocycles. The molecule has 1 aliphatic rings. The molecule has 0 N–H and O–H groups in total. The van der Waals surface area contributed by atoms with Crippen molar-refractivity contribution in [3.05, 3.63) is 97.1 Å². The Morgan fingerprint density at radius 1 is 1.09 bits per heavy atom. The van der Waals surface area contributed by atoms with E-state index in [0.717, 1.165) is 6.07 Å². The number of halogens is 4. The van der Waals surface area contributed by atoms with Gasteiger partial charge in [-0.25, -0.2) is 14.2 Å². The highest BCUT2D eigenvalue weighted by atomic mass is 79.9. The molecule has 5 rings (SSSR count). The van der Waals surface area contributed by atoms with Gasteiger partial charge in [0.15, 0.2) is 5.78 Å². The normalized spacial score (nSPS) is 14.9. The van der Waals surface area contributed by atoms with Crippen molar-refractivity contribution in [2.24, 2.45) is 0 Å². The van der Waals surface area contributed by atoms with Gasteiger partial charge in [0.05, 0.1) is 29.2 Å². The lowest BCUT2D eigenvalue weighted by Gasteiger charge is -2.34. The van der Waals surface area contributed by atoms with Gasteiger partial charge in [-0.3, -0.25) is 14.4 Å². The topological polar surface area (TPSA) is 99.3 Å². The third-order valence-electron chi connectivity index (χ3n) is 7.11. The Morgan fingerprint density at radius 3 is 2.40 bits per heavy atom. The standard InChI is InChI=1S/C30H27BrF3N5O4/c1-16-11-18(3)39(36-16)29-35-26-14-37(27(41)20-5-10-25(31)24(13-20)30(32,33)34)17(2)12-23(26)28(42)38(29)21-6-8-22(9-7-21)43-15-19(4)40/h5-11,13,17H,12,14-15H2,1-4H3/t17-/m1/s1. The first-order chi connectivity index (χ1) is 20.2. The van der Waals surface area contributed by atoms with Crippen LogP contribution in [0.15, 0.2) is 57.8 Å². The van der Waals surface area contributed by atoms with E-state index in [1.165, 1.54) is 33.2 Å². The fraction of sp³-hybridized carbons (Fsp3) is 0.300. The molecular formula is C30H27BrF3N5O4. The molecule has 2 aromatic carbocycles. The zero-order valence-corrected chi connectivity index (χ0v) is 25.3. The van der Waals surface area contributed by atoms with Gasteiger partial charge in [0.1, 0.15) is 12.4 Å². The summed E-state index contributed by atoms with van der Waals surface area (Å²) in [5.41, 5.74) is 1.20. The number of fused-ring (bicyclic) bond motifs is 1. The van der Waals surface area contributed by atoms with Crippen LogP contribution >= 0.6 is 15.9 Å². The predicted molar refractivity (Wildman–Crippen MR) is 155 cm³/mol. The summed E-state index contributed by atoms with van der Waals surface area (Å²) in [4.78, 5) is 45.1. The molecule has 43 heavy (non-hydrogen) atoms. The highest BCUT2D eigenvalue weighted by Crippen LogP contribution is 2.36. The number of benzene rings is 2. The van der Waals surface area contributed by atoms with Gasteiger partial charge in [-0.15, -0.1) is 0 Å². The van der Waals surface area contributed by atoms with Crippen molar-refractivity contribution in [3.8, 4) is 17.4 Å². The third kappa shape index (κ3) is 5.99. The smallest absolute Gasteiger partial charge is 0.417 e. The van der Waals surface area contributed by atoms with Gasteiger partial charge < -0.3 is 9.64 Å². The van der Waals surface area contributed by atoms with Gasteiger partial charge in [0.2, 0.25) is 5.95 Å². The minimum atomic E-state index is -4.64. The predicted octanol–water partition coefficient (Wildman–Crippen LogP) is 5.37. The second kappa shape index (κ2) is 11.4. The van der Waals surface area contributed by atoms with Crippen molar-refractivity contribution in [3.63, 3.8) is 0 Å². The lowest BCUT2D eigenvalue weighted by atomic mass is 9.98. The van der Waals surface area contributed by atoms with Crippen molar-refractivity contribution < 1.29 is 27.5 Å². The average Bonchev–Trinajstić information content (AvgIpc) is 3.28. The lowest BCUT2D eigenvalue weighted by molar-refractivity contribution is -0.138. The van der Waals surface area contributed by atoms with Crippen molar-refractivity contribution >= 4 is 27.6 Å². The molecule has 224 valence electrons. The van der Waals surface area contributed by atoms with Crippen LogP contribution in [0.5, 0.6) is 5.75 Å². The van der Waals surface area contributed by atoms with E-state index in [0.29, 0.717) is 34.1 Å². The summed E-state index contributed by atoms with van der Waals surface area (Å²) in [6, 6.07) is 11.3. The number of ether oxygens (including phenoxy) is 1. The third-order valence-corrected chi connectivity index (χ3v) is 7.80. The minimum Gasteiger partial charge on any atom is -0.486 e. The summed E-state index contributed by atoms with van der Waals surface area (Å²) in [6.45, 7) is 6.62. The van der Waals surface area contributed by atoms with E-state index in [1.54, 1.807) is 38.1 Å². The number of rotatable bonds is 6. The number of carbonyl (C=O) groups is 2. The fourth-order valence-corrected chi connectivity index (χ4v) is 5.51. The van der Waals surface area contributed by atoms with Crippen molar-refractivity contribution in [1.82, 2.24) is 24.2 Å². The highest BCUT2D eigenvalue weighted by Gasteiger charge is 2.36. The molecule has 1 atom stereocenters. The van der Waals surface area contributed by atoms with Gasteiger partial charge in [0.25, 0.3) is 11.5 Å². The summed E-state index contributed by atoms with van der Waals surface area (Å²) in [5.74, 6) is -0.0869. The zero-order valence-electron chi connectivity index (χ0n) is 23.7. The molecule has 1 amide bonds. The molecular weight excluding hydrogens is 631 g/mol. The maximum Gasteiger partial charge on any atom is 0.417 e. The first-order valence-corrected chi connectivity index (χ1v) is 14.1. The zero-order chi connectivity index (χ0) is 31.2. The molecule has 0 spiro atoms. The molecule has 0 saturated carbocycles. The average molecular weight is 658 g/mol. The Kier molecular flexibility index (Phi) is 8.03. The number of hydrogen-bond acceptors (Lipinski definition) is 6. The molecule has 0 unspecified atom stereocenters. The molecule has 3 heterocycles. The van der Waals surface area contributed by atoms with E-state index < -0.39 is 23.7 Å². The van der Waals surface area contributed by atoms with Gasteiger partial charge in [-0.2, -0.15) is 18.3 Å². The van der Waals surface area contributed by atoms with Crippen molar-refractivity contribution in [1.29, 1.82) is 0 Å². The molecule has 0 aliphatic carbocycles. The summed E-state index contributed by atoms with van der Waals surface area (Å²) in [6.07, 6.45) is -4.50. The summed E-state index contributed by atoms with van der Waals surface area (Å²) in [7, 11) is 0. The van der Waals surface area contributed by atoms with Crippen LogP contribution in [0.4, 0.5) is 13.2 Å². The summed E-state index contributed by atoms with van der Waals surface area (Å²) >= 11 is 2.91. The number of aromatic nitrogens is 4. The molecule has 0 bridgehead atoms. The SMILES string of the molecule is CC(=O)COc1ccc(-n2c(-n3nc(C)cc3C)nc3c(c2=O)C[C@@H](C)N(C(=O)c2ccc(Br)c(C(F)(F)F)c2)C3)cc1. The Morgan fingerprint density at radius 2 is 1.79 bits per heavy atom. The Balaban J connectivity index is 1.58. The maximum atomic E-state index is 14.1. The van der Waals surface area contributed by atoms with Gasteiger partial charge >= 0.3 is 6.18 Å². The second-order valence-corrected chi connectivity index (χ2v) is 11.3. The van der Waals surface area contributed by atoms with Crippen LogP contribution in [0.3, 0.4) is 0 Å². The van der Waals surface area contributed by atoms with E-state index in [2.05, 4.69) is 21.0 Å². The van der Waals surface area contributed by atoms with Crippen LogP contribution in [0, 0.1) is 13.8 Å². The van der Waals surface area contributed by atoms with Gasteiger partial charge in [0, 0.05) is 27.3 Å². The number of ketones is 1. The quantitative estimate of drug-likeness (QED) is 0.276. The van der Waals surface area contributed by atoms with E-state index in [-0.39, 0.29) is 46.9 Å². The number of carbonyl (C=O) groups excluding carboxylic acids is 2. The van der Waals surface area contributed by atoms with E-state index in [4.69, 9.17) is 9.72 Å². The van der Waals surface area contributed by atoms with Crippen LogP contribution in [0.1, 0.15) is 52.4 Å². The van der Waals surface area contributed by atoms with Crippen LogP contribution in [0.2, 0.25) is 0 Å². The van der Waals surface area contributed by atoms with Gasteiger partial charge in [-0.05, 0) is 82.6 Å². The highest BCUT2D eigenvalue weighted by molar-refractivity contribution is 9.10. The van der Waals surface area contributed by atoms with Crippen molar-refractivity contribution in [2.75, 3.05) is 6.61 Å². The van der Waals surface area contributed by atoms with E-state index in [1.807, 2.05) is 13.0 Å². The summed E-state index contributed by atoms with van der Waals surface area (Å²) in [5, 5.41) is 4.52. The number of aryl methyl sites for hydroxylation is 2. The van der Waals surface area contributed by atoms with Crippen LogP contribution in [-0.4, -0.2) is 48.6 Å². The van der Waals surface area contributed by atoms with E-state index in [9.17, 15) is 27.6 Å².